The monoisotopic (exact) mass is 490 g/mol. The van der Waals surface area contributed by atoms with Gasteiger partial charge in [0.1, 0.15) is 5.69 Å². The molecular weight excluding hydrogens is 468 g/mol. The molecule has 4 aromatic carbocycles. The third-order valence-corrected chi connectivity index (χ3v) is 6.33. The molecule has 0 bridgehead atoms. The molecule has 6 heteroatoms. The van der Waals surface area contributed by atoms with Crippen LogP contribution >= 0.6 is 11.8 Å². The average molecular weight is 491 g/mol. The van der Waals surface area contributed by atoms with Gasteiger partial charge in [0.15, 0.2) is 11.5 Å². The van der Waals surface area contributed by atoms with Crippen LogP contribution in [-0.2, 0) is 4.79 Å². The second-order valence-electron chi connectivity index (χ2n) is 7.97. The lowest BCUT2D eigenvalue weighted by Crippen LogP contribution is -2.17. The zero-order valence-corrected chi connectivity index (χ0v) is 20.1. The number of carbonyl (C=O) groups excluding carboxylic acids is 2. The molecular formula is C30H22N2O3S. The van der Waals surface area contributed by atoms with Crippen LogP contribution in [0.15, 0.2) is 125 Å². The molecule has 0 atom stereocenters. The van der Waals surface area contributed by atoms with Crippen LogP contribution in [0, 0.1) is 0 Å². The van der Waals surface area contributed by atoms with Crippen LogP contribution in [0.2, 0.25) is 0 Å². The van der Waals surface area contributed by atoms with E-state index in [2.05, 4.69) is 10.3 Å². The van der Waals surface area contributed by atoms with Crippen molar-refractivity contribution < 1.29 is 14.0 Å². The quantitative estimate of drug-likeness (QED) is 0.188. The zero-order chi connectivity index (χ0) is 24.7. The summed E-state index contributed by atoms with van der Waals surface area (Å²) in [4.78, 5) is 30.5. The molecule has 0 aliphatic rings. The van der Waals surface area contributed by atoms with Gasteiger partial charge in [-0.3, -0.25) is 9.59 Å². The van der Waals surface area contributed by atoms with Gasteiger partial charge < -0.3 is 9.73 Å². The molecule has 0 aliphatic carbocycles. The lowest BCUT2D eigenvalue weighted by molar-refractivity contribution is -0.113. The molecule has 1 aromatic heterocycles. The molecule has 0 aliphatic heterocycles. The summed E-state index contributed by atoms with van der Waals surface area (Å²) in [5, 5.41) is 3.27. The number of carbonyl (C=O) groups is 2. The van der Waals surface area contributed by atoms with Gasteiger partial charge in [-0.2, -0.15) is 0 Å². The summed E-state index contributed by atoms with van der Waals surface area (Å²) >= 11 is 1.21. The van der Waals surface area contributed by atoms with Crippen molar-refractivity contribution in [3.8, 4) is 22.6 Å². The lowest BCUT2D eigenvalue weighted by Gasteiger charge is -2.10. The number of ketones is 1. The highest BCUT2D eigenvalue weighted by Gasteiger charge is 2.19. The van der Waals surface area contributed by atoms with E-state index in [1.165, 1.54) is 11.8 Å². The second kappa shape index (κ2) is 10.9. The van der Waals surface area contributed by atoms with Crippen LogP contribution in [0.5, 0.6) is 0 Å². The minimum Gasteiger partial charge on any atom is -0.431 e. The molecule has 0 spiro atoms. The van der Waals surface area contributed by atoms with Gasteiger partial charge in [-0.05, 0) is 12.1 Å². The number of anilines is 1. The first-order chi connectivity index (χ1) is 17.7. The smallest absolute Gasteiger partial charge is 0.257 e. The number of aromatic nitrogens is 1. The van der Waals surface area contributed by atoms with Crippen molar-refractivity contribution in [2.75, 3.05) is 11.1 Å². The number of benzene rings is 4. The first kappa shape index (κ1) is 23.3. The number of nitrogens with zero attached hydrogens (tertiary/aromatic N) is 1. The normalized spacial score (nSPS) is 10.7. The Bertz CT molecular complexity index is 1430. The van der Waals surface area contributed by atoms with Crippen molar-refractivity contribution in [1.82, 2.24) is 4.98 Å². The Kier molecular flexibility index (Phi) is 7.05. The molecule has 0 fully saturated rings. The molecule has 0 unspecified atom stereocenters. The van der Waals surface area contributed by atoms with Gasteiger partial charge >= 0.3 is 0 Å². The maximum absolute atomic E-state index is 13.0. The standard InChI is InChI=1S/C30H22N2O3S/c33-26(31-25-19-11-10-18-24(25)28(34)22-14-6-2-7-15-22)20-36-30-32-27(21-12-4-1-5-13-21)29(35-30)23-16-8-3-9-17-23/h1-19H,20H2,(H,31,33). The summed E-state index contributed by atoms with van der Waals surface area (Å²) in [5.41, 5.74) is 4.05. The molecule has 5 nitrogen and oxygen atoms in total. The van der Waals surface area contributed by atoms with E-state index in [-0.39, 0.29) is 17.4 Å². The van der Waals surface area contributed by atoms with Gasteiger partial charge in [0, 0.05) is 22.3 Å². The van der Waals surface area contributed by atoms with E-state index < -0.39 is 0 Å². The van der Waals surface area contributed by atoms with Gasteiger partial charge in [0.2, 0.25) is 5.91 Å². The highest BCUT2D eigenvalue weighted by molar-refractivity contribution is 7.99. The van der Waals surface area contributed by atoms with Gasteiger partial charge in [0.25, 0.3) is 5.22 Å². The van der Waals surface area contributed by atoms with Gasteiger partial charge in [0.05, 0.1) is 11.4 Å². The minimum atomic E-state index is -0.256. The van der Waals surface area contributed by atoms with E-state index in [0.717, 1.165) is 16.8 Å². The fraction of sp³-hybridized carbons (Fsp3) is 0.0333. The highest BCUT2D eigenvalue weighted by atomic mass is 32.2. The molecule has 5 aromatic rings. The second-order valence-corrected chi connectivity index (χ2v) is 8.89. The number of oxazole rings is 1. The van der Waals surface area contributed by atoms with Crippen molar-refractivity contribution in [3.05, 3.63) is 126 Å². The van der Waals surface area contributed by atoms with Gasteiger partial charge in [-0.15, -0.1) is 0 Å². The van der Waals surface area contributed by atoms with Gasteiger partial charge in [-0.1, -0.05) is 115 Å². The summed E-state index contributed by atoms with van der Waals surface area (Å²) in [7, 11) is 0. The molecule has 1 amide bonds. The van der Waals surface area contributed by atoms with Crippen molar-refractivity contribution in [2.45, 2.75) is 5.22 Å². The van der Waals surface area contributed by atoms with Gasteiger partial charge in [-0.25, -0.2) is 4.98 Å². The number of amides is 1. The van der Waals surface area contributed by atoms with Crippen molar-refractivity contribution >= 4 is 29.1 Å². The van der Waals surface area contributed by atoms with E-state index in [0.29, 0.717) is 27.8 Å². The van der Waals surface area contributed by atoms with E-state index in [9.17, 15) is 9.59 Å². The van der Waals surface area contributed by atoms with Crippen molar-refractivity contribution in [1.29, 1.82) is 0 Å². The summed E-state index contributed by atoms with van der Waals surface area (Å²) in [5.74, 6) is 0.334. The van der Waals surface area contributed by atoms with Crippen molar-refractivity contribution in [2.24, 2.45) is 0 Å². The van der Waals surface area contributed by atoms with E-state index >= 15 is 0 Å². The largest absolute Gasteiger partial charge is 0.431 e. The molecule has 1 N–H and O–H groups in total. The summed E-state index contributed by atoms with van der Waals surface area (Å²) in [6.45, 7) is 0. The van der Waals surface area contributed by atoms with Crippen LogP contribution in [0.1, 0.15) is 15.9 Å². The van der Waals surface area contributed by atoms with E-state index in [1.54, 1.807) is 36.4 Å². The predicted molar refractivity (Wildman–Crippen MR) is 143 cm³/mol. The molecule has 1 heterocycles. The molecule has 176 valence electrons. The Hall–Kier alpha value is -4.42. The lowest BCUT2D eigenvalue weighted by atomic mass is 10.0. The molecule has 0 saturated carbocycles. The molecule has 0 saturated heterocycles. The van der Waals surface area contributed by atoms with Crippen LogP contribution < -0.4 is 5.32 Å². The summed E-state index contributed by atoms with van der Waals surface area (Å²) in [6.07, 6.45) is 0. The first-order valence-electron chi connectivity index (χ1n) is 11.4. The Morgan fingerprint density at radius 1 is 0.722 bits per heavy atom. The predicted octanol–water partition coefficient (Wildman–Crippen LogP) is 6.97. The van der Waals surface area contributed by atoms with Crippen LogP contribution in [-0.4, -0.2) is 22.4 Å². The fourth-order valence-corrected chi connectivity index (χ4v) is 4.41. The highest BCUT2D eigenvalue weighted by Crippen LogP contribution is 2.35. The molecule has 5 rings (SSSR count). The molecule has 0 radical (unpaired) electrons. The number of rotatable bonds is 8. The number of hydrogen-bond acceptors (Lipinski definition) is 5. The summed E-state index contributed by atoms with van der Waals surface area (Å²) in [6, 6.07) is 35.6. The maximum atomic E-state index is 13.0. The Balaban J connectivity index is 1.33. The number of para-hydroxylation sites is 1. The summed E-state index contributed by atoms with van der Waals surface area (Å²) < 4.78 is 6.09. The zero-order valence-electron chi connectivity index (χ0n) is 19.3. The fourth-order valence-electron chi connectivity index (χ4n) is 3.79. The van der Waals surface area contributed by atoms with Crippen LogP contribution in [0.25, 0.3) is 22.6 Å². The van der Waals surface area contributed by atoms with E-state index in [4.69, 9.17) is 4.42 Å². The Morgan fingerprint density at radius 2 is 1.31 bits per heavy atom. The van der Waals surface area contributed by atoms with Crippen LogP contribution in [0.3, 0.4) is 0 Å². The Labute approximate surface area is 213 Å². The third-order valence-electron chi connectivity index (χ3n) is 5.50. The SMILES string of the molecule is O=C(CSc1nc(-c2ccccc2)c(-c2ccccc2)o1)Nc1ccccc1C(=O)c1ccccc1. The first-order valence-corrected chi connectivity index (χ1v) is 12.4. The minimum absolute atomic E-state index is 0.0802. The molecule has 36 heavy (non-hydrogen) atoms. The number of nitrogens with one attached hydrogen (secondary N) is 1. The van der Waals surface area contributed by atoms with Crippen LogP contribution in [0.4, 0.5) is 5.69 Å². The topological polar surface area (TPSA) is 72.2 Å². The number of thioether (sulfide) groups is 1. The third kappa shape index (κ3) is 5.29. The van der Waals surface area contributed by atoms with Crippen molar-refractivity contribution in [3.63, 3.8) is 0 Å². The average Bonchev–Trinajstić information content (AvgIpc) is 3.38. The Morgan fingerprint density at radius 3 is 2.00 bits per heavy atom. The van der Waals surface area contributed by atoms with E-state index in [1.807, 2.05) is 78.9 Å². The number of hydrogen-bond donors (Lipinski definition) is 1. The maximum Gasteiger partial charge on any atom is 0.257 e.